The highest BCUT2D eigenvalue weighted by Gasteiger charge is 2.30. The second-order valence-corrected chi connectivity index (χ2v) is 7.21. The Morgan fingerprint density at radius 3 is 2.67 bits per heavy atom. The van der Waals surface area contributed by atoms with Crippen LogP contribution in [0.1, 0.15) is 36.8 Å². The van der Waals surface area contributed by atoms with Gasteiger partial charge in [-0.1, -0.05) is 12.1 Å². The van der Waals surface area contributed by atoms with E-state index in [1.54, 1.807) is 20.2 Å². The average Bonchev–Trinajstić information content (AvgIpc) is 2.69. The van der Waals surface area contributed by atoms with Crippen molar-refractivity contribution in [2.24, 2.45) is 4.99 Å². The fraction of sp³-hybridized carbons (Fsp3) is 0.600. The van der Waals surface area contributed by atoms with E-state index in [1.807, 2.05) is 0 Å². The van der Waals surface area contributed by atoms with Gasteiger partial charge in [-0.3, -0.25) is 4.79 Å². The maximum atomic E-state index is 12.9. The van der Waals surface area contributed by atoms with Gasteiger partial charge in [0.15, 0.2) is 5.96 Å². The maximum Gasteiger partial charge on any atom is 0.416 e. The van der Waals surface area contributed by atoms with Gasteiger partial charge in [0.05, 0.1) is 24.8 Å². The van der Waals surface area contributed by atoms with Gasteiger partial charge in [0.1, 0.15) is 0 Å². The van der Waals surface area contributed by atoms with Crippen LogP contribution in [-0.4, -0.2) is 56.7 Å². The molecule has 1 aromatic carbocycles. The van der Waals surface area contributed by atoms with Crippen molar-refractivity contribution in [3.63, 3.8) is 0 Å². The van der Waals surface area contributed by atoms with Gasteiger partial charge >= 0.3 is 6.18 Å². The summed E-state index contributed by atoms with van der Waals surface area (Å²) in [7, 11) is 3.30. The third-order valence-electron chi connectivity index (χ3n) is 4.61. The Bertz CT molecular complexity index is 693. The Morgan fingerprint density at radius 1 is 1.27 bits per heavy atom. The molecule has 1 fully saturated rings. The van der Waals surface area contributed by atoms with E-state index in [2.05, 4.69) is 15.6 Å². The second kappa shape index (κ2) is 13.0. The van der Waals surface area contributed by atoms with Crippen LogP contribution in [0.15, 0.2) is 29.3 Å². The van der Waals surface area contributed by atoms with Crippen LogP contribution in [0.2, 0.25) is 0 Å². The van der Waals surface area contributed by atoms with Gasteiger partial charge in [-0.2, -0.15) is 13.2 Å². The molecule has 1 unspecified atom stereocenters. The van der Waals surface area contributed by atoms with Crippen LogP contribution in [0.5, 0.6) is 0 Å². The summed E-state index contributed by atoms with van der Waals surface area (Å²) >= 11 is 0. The summed E-state index contributed by atoms with van der Waals surface area (Å²) in [5.74, 6) is 0.252. The summed E-state index contributed by atoms with van der Waals surface area (Å²) in [6, 6.07) is 5.08. The highest BCUT2D eigenvalue weighted by molar-refractivity contribution is 14.0. The molecule has 6 nitrogen and oxygen atoms in total. The number of benzene rings is 1. The number of amides is 1. The number of nitrogens with zero attached hydrogens (tertiary/aromatic N) is 2. The Kier molecular flexibility index (Phi) is 11.5. The Labute approximate surface area is 192 Å². The van der Waals surface area contributed by atoms with E-state index in [0.717, 1.165) is 44.4 Å². The minimum Gasteiger partial charge on any atom is -0.378 e. The van der Waals surface area contributed by atoms with Crippen molar-refractivity contribution in [1.29, 1.82) is 0 Å². The van der Waals surface area contributed by atoms with E-state index in [4.69, 9.17) is 4.74 Å². The predicted molar refractivity (Wildman–Crippen MR) is 121 cm³/mol. The molecule has 1 atom stereocenters. The monoisotopic (exact) mass is 542 g/mol. The molecule has 1 aromatic rings. The molecule has 1 heterocycles. The summed E-state index contributed by atoms with van der Waals surface area (Å²) in [6.45, 7) is 1.47. The van der Waals surface area contributed by atoms with Crippen LogP contribution in [0.4, 0.5) is 13.2 Å². The molecule has 30 heavy (non-hydrogen) atoms. The highest BCUT2D eigenvalue weighted by Crippen LogP contribution is 2.29. The number of alkyl halides is 3. The molecule has 0 aromatic heterocycles. The average molecular weight is 542 g/mol. The maximum absolute atomic E-state index is 12.9. The lowest BCUT2D eigenvalue weighted by Gasteiger charge is -2.23. The molecule has 2 rings (SSSR count). The minimum absolute atomic E-state index is 0. The first-order valence-corrected chi connectivity index (χ1v) is 9.76. The number of carbonyl (C=O) groups is 1. The third kappa shape index (κ3) is 9.50. The minimum atomic E-state index is -4.39. The van der Waals surface area contributed by atoms with Crippen LogP contribution in [0.3, 0.4) is 0 Å². The first kappa shape index (κ1) is 26.5. The fourth-order valence-electron chi connectivity index (χ4n) is 2.89. The summed E-state index contributed by atoms with van der Waals surface area (Å²) in [4.78, 5) is 17.6. The van der Waals surface area contributed by atoms with Gasteiger partial charge in [-0.05, 0) is 43.4 Å². The van der Waals surface area contributed by atoms with Gasteiger partial charge < -0.3 is 20.3 Å². The molecule has 0 aliphatic carbocycles. The molecule has 2 N–H and O–H groups in total. The molecule has 1 aliphatic heterocycles. The van der Waals surface area contributed by atoms with Crippen molar-refractivity contribution >= 4 is 35.8 Å². The number of rotatable bonds is 7. The van der Waals surface area contributed by atoms with E-state index in [-0.39, 0.29) is 49.1 Å². The van der Waals surface area contributed by atoms with Crippen molar-refractivity contribution in [2.45, 2.75) is 44.5 Å². The lowest BCUT2D eigenvalue weighted by Crippen LogP contribution is -2.43. The van der Waals surface area contributed by atoms with Crippen LogP contribution in [-0.2, 0) is 22.3 Å². The van der Waals surface area contributed by atoms with Gasteiger partial charge in [0, 0.05) is 27.2 Å². The van der Waals surface area contributed by atoms with Gasteiger partial charge in [0.25, 0.3) is 0 Å². The Balaban J connectivity index is 0.00000450. The van der Waals surface area contributed by atoms with Gasteiger partial charge in [-0.15, -0.1) is 24.0 Å². The molecular formula is C20H30F3IN4O2. The number of likely N-dealkylation sites (N-methyl/N-ethyl adjacent to an activating group) is 1. The molecule has 0 radical (unpaired) electrons. The lowest BCUT2D eigenvalue weighted by atomic mass is 10.1. The molecule has 1 amide bonds. The van der Waals surface area contributed by atoms with Crippen LogP contribution < -0.4 is 10.6 Å². The number of ether oxygens (including phenoxy) is 1. The summed E-state index contributed by atoms with van der Waals surface area (Å²) < 4.78 is 44.3. The lowest BCUT2D eigenvalue weighted by molar-refractivity contribution is -0.137. The van der Waals surface area contributed by atoms with E-state index >= 15 is 0 Å². The molecule has 0 saturated carbocycles. The third-order valence-corrected chi connectivity index (χ3v) is 4.61. The zero-order valence-electron chi connectivity index (χ0n) is 17.3. The standard InChI is InChI=1S/C20H29F3N4O2.HI/c1-27(2)18(28)14-26-19(24-10-9-17-8-3-4-11-29-17)25-13-15-6-5-7-16(12-15)20(21,22)23;/h5-7,12,17H,3-4,8-11,13-14H2,1-2H3,(H2,24,25,26);1H. The molecule has 170 valence electrons. The van der Waals surface area contributed by atoms with Gasteiger partial charge in [0.2, 0.25) is 5.91 Å². The zero-order chi connectivity index (χ0) is 21.3. The van der Waals surface area contributed by atoms with E-state index in [0.29, 0.717) is 18.1 Å². The highest BCUT2D eigenvalue weighted by atomic mass is 127. The number of hydrogen-bond donors (Lipinski definition) is 2. The smallest absolute Gasteiger partial charge is 0.378 e. The SMILES string of the molecule is CN(C)C(=O)CNC(=NCc1cccc(C(F)(F)F)c1)NCCC1CCCCO1.I. The van der Waals surface area contributed by atoms with Crippen molar-refractivity contribution in [1.82, 2.24) is 15.5 Å². The van der Waals surface area contributed by atoms with Crippen LogP contribution in [0, 0.1) is 0 Å². The van der Waals surface area contributed by atoms with Crippen molar-refractivity contribution in [2.75, 3.05) is 33.8 Å². The first-order valence-electron chi connectivity index (χ1n) is 9.76. The zero-order valence-corrected chi connectivity index (χ0v) is 19.6. The van der Waals surface area contributed by atoms with Crippen LogP contribution >= 0.6 is 24.0 Å². The van der Waals surface area contributed by atoms with E-state index < -0.39 is 11.7 Å². The summed E-state index contributed by atoms with van der Waals surface area (Å²) in [5, 5.41) is 6.08. The van der Waals surface area contributed by atoms with E-state index in [1.165, 1.54) is 11.0 Å². The molecule has 0 bridgehead atoms. The van der Waals surface area contributed by atoms with Crippen molar-refractivity contribution in [3.05, 3.63) is 35.4 Å². The molecular weight excluding hydrogens is 512 g/mol. The van der Waals surface area contributed by atoms with E-state index in [9.17, 15) is 18.0 Å². The number of nitrogens with one attached hydrogen (secondary N) is 2. The number of hydrogen-bond acceptors (Lipinski definition) is 3. The second-order valence-electron chi connectivity index (χ2n) is 7.21. The normalized spacial score (nSPS) is 17.1. The Morgan fingerprint density at radius 2 is 2.03 bits per heavy atom. The summed E-state index contributed by atoms with van der Waals surface area (Å²) in [5.41, 5.74) is -0.264. The first-order chi connectivity index (χ1) is 13.8. The number of halogens is 4. The fourth-order valence-corrected chi connectivity index (χ4v) is 2.89. The largest absolute Gasteiger partial charge is 0.416 e. The summed E-state index contributed by atoms with van der Waals surface area (Å²) in [6.07, 6.45) is -0.142. The van der Waals surface area contributed by atoms with Crippen molar-refractivity contribution in [3.8, 4) is 0 Å². The molecule has 1 aliphatic rings. The van der Waals surface area contributed by atoms with Gasteiger partial charge in [-0.25, -0.2) is 4.99 Å². The Hall–Kier alpha value is -1.56. The molecule has 10 heteroatoms. The van der Waals surface area contributed by atoms with Crippen LogP contribution in [0.25, 0.3) is 0 Å². The predicted octanol–water partition coefficient (Wildman–Crippen LogP) is 3.41. The molecule has 1 saturated heterocycles. The number of carbonyl (C=O) groups excluding carboxylic acids is 1. The molecule has 0 spiro atoms. The number of guanidine groups is 1. The van der Waals surface area contributed by atoms with Crippen molar-refractivity contribution < 1.29 is 22.7 Å². The number of aliphatic imine (C=N–C) groups is 1. The quantitative estimate of drug-likeness (QED) is 0.315. The topological polar surface area (TPSA) is 66.0 Å².